The average molecular weight is 547 g/mol. The van der Waals surface area contributed by atoms with Gasteiger partial charge in [-0.1, -0.05) is 11.6 Å². The van der Waals surface area contributed by atoms with Crippen molar-refractivity contribution in [2.75, 3.05) is 19.5 Å². The molecule has 0 spiro atoms. The number of carbonyl (C=O) groups excluding carboxylic acids is 3. The summed E-state index contributed by atoms with van der Waals surface area (Å²) in [5.74, 6) is -1.26. The van der Waals surface area contributed by atoms with Crippen LogP contribution in [0.5, 0.6) is 0 Å². The molecule has 2 heterocycles. The fourth-order valence-electron chi connectivity index (χ4n) is 3.06. The molecule has 0 bridgehead atoms. The van der Waals surface area contributed by atoms with Gasteiger partial charge in [0, 0.05) is 19.3 Å². The number of hydrogen-bond donors (Lipinski definition) is 2. The summed E-state index contributed by atoms with van der Waals surface area (Å²) in [5.41, 5.74) is 3.05. The molecule has 2 N–H and O–H groups in total. The van der Waals surface area contributed by atoms with Gasteiger partial charge in [-0.3, -0.25) is 9.59 Å². The molecule has 174 valence electrons. The van der Waals surface area contributed by atoms with Gasteiger partial charge in [-0.2, -0.15) is 15.4 Å². The molecule has 0 atom stereocenters. The van der Waals surface area contributed by atoms with Gasteiger partial charge in [-0.25, -0.2) is 19.9 Å². The van der Waals surface area contributed by atoms with Crippen LogP contribution in [0.1, 0.15) is 32.0 Å². The Morgan fingerprint density at radius 3 is 2.65 bits per heavy atom. The molecule has 34 heavy (non-hydrogen) atoms. The lowest BCUT2D eigenvalue weighted by Gasteiger charge is -2.21. The second-order valence-corrected chi connectivity index (χ2v) is 7.91. The quantitative estimate of drug-likeness (QED) is 0.463. The predicted molar refractivity (Wildman–Crippen MR) is 126 cm³/mol. The minimum absolute atomic E-state index is 0.0630. The minimum Gasteiger partial charge on any atom is -0.451 e. The van der Waals surface area contributed by atoms with Crippen LogP contribution < -0.4 is 10.7 Å². The van der Waals surface area contributed by atoms with Crippen molar-refractivity contribution in [1.29, 1.82) is 5.26 Å². The topological polar surface area (TPSA) is 142 Å². The molecule has 0 fully saturated rings. The van der Waals surface area contributed by atoms with E-state index in [2.05, 4.69) is 41.5 Å². The molecule has 2 aromatic heterocycles. The number of hydrogen-bond acceptors (Lipinski definition) is 8. The number of halogens is 2. The maximum Gasteiger partial charge on any atom is 0.431 e. The number of carbonyl (C=O) groups is 3. The highest BCUT2D eigenvalue weighted by molar-refractivity contribution is 9.10. The van der Waals surface area contributed by atoms with E-state index in [4.69, 9.17) is 11.6 Å². The van der Waals surface area contributed by atoms with Crippen LogP contribution in [-0.4, -0.2) is 51.8 Å². The zero-order valence-electron chi connectivity index (χ0n) is 18.1. The number of hydrazine groups is 1. The number of imide groups is 1. The molecule has 1 aromatic carbocycles. The van der Waals surface area contributed by atoms with Crippen molar-refractivity contribution >= 4 is 51.1 Å². The third-order valence-electron chi connectivity index (χ3n) is 4.57. The fraction of sp³-hybridized carbons (Fsp3) is 0.143. The second kappa shape index (κ2) is 10.4. The van der Waals surface area contributed by atoms with Crippen molar-refractivity contribution in [3.8, 4) is 11.9 Å². The molecule has 3 amide bonds. The average Bonchev–Trinajstić information content (AvgIpc) is 3.21. The Balaban J connectivity index is 2.09. The molecular formula is C21H17BrClN7O4. The monoisotopic (exact) mass is 545 g/mol. The van der Waals surface area contributed by atoms with Crippen LogP contribution in [0, 0.1) is 18.3 Å². The number of amides is 3. The molecule has 3 rings (SSSR count). The molecule has 0 aliphatic carbocycles. The van der Waals surface area contributed by atoms with Crippen molar-refractivity contribution in [3.63, 3.8) is 0 Å². The van der Waals surface area contributed by atoms with Crippen molar-refractivity contribution in [3.05, 3.63) is 68.5 Å². The zero-order valence-corrected chi connectivity index (χ0v) is 20.4. The summed E-state index contributed by atoms with van der Waals surface area (Å²) < 4.78 is 6.21. The summed E-state index contributed by atoms with van der Waals surface area (Å²) in [6.07, 6.45) is 0.524. The van der Waals surface area contributed by atoms with E-state index in [0.29, 0.717) is 15.2 Å². The van der Waals surface area contributed by atoms with Gasteiger partial charge >= 0.3 is 6.09 Å². The van der Waals surface area contributed by atoms with Gasteiger partial charge in [0.05, 0.1) is 35.0 Å². The number of ether oxygens (including phenoxy) is 1. The molecule has 0 unspecified atom stereocenters. The second-order valence-electron chi connectivity index (χ2n) is 6.69. The molecule has 0 saturated heterocycles. The van der Waals surface area contributed by atoms with Gasteiger partial charge in [-0.05, 0) is 52.7 Å². The van der Waals surface area contributed by atoms with Gasteiger partial charge in [0.15, 0.2) is 5.82 Å². The first-order valence-electron chi connectivity index (χ1n) is 9.54. The first-order valence-corrected chi connectivity index (χ1v) is 10.7. The number of aryl methyl sites for hydroxylation is 1. The molecular weight excluding hydrogens is 530 g/mol. The lowest BCUT2D eigenvalue weighted by atomic mass is 10.0. The highest BCUT2D eigenvalue weighted by Crippen LogP contribution is 2.27. The molecule has 0 aliphatic rings. The number of pyridine rings is 1. The fourth-order valence-corrected chi connectivity index (χ4v) is 3.64. The van der Waals surface area contributed by atoms with Gasteiger partial charge < -0.3 is 10.1 Å². The van der Waals surface area contributed by atoms with E-state index >= 15 is 0 Å². The van der Waals surface area contributed by atoms with Crippen LogP contribution in [0.15, 0.2) is 41.1 Å². The smallest absolute Gasteiger partial charge is 0.431 e. The maximum absolute atomic E-state index is 13.3. The summed E-state index contributed by atoms with van der Waals surface area (Å²) in [6.45, 7) is 1.61. The molecule has 3 aromatic rings. The Morgan fingerprint density at radius 2 is 2.03 bits per heavy atom. The van der Waals surface area contributed by atoms with E-state index < -0.39 is 17.9 Å². The van der Waals surface area contributed by atoms with Crippen LogP contribution in [0.2, 0.25) is 5.02 Å². The van der Waals surface area contributed by atoms with E-state index in [-0.39, 0.29) is 33.3 Å². The van der Waals surface area contributed by atoms with Gasteiger partial charge in [0.25, 0.3) is 11.8 Å². The Kier molecular flexibility index (Phi) is 7.62. The van der Waals surface area contributed by atoms with E-state index in [9.17, 15) is 19.6 Å². The highest BCUT2D eigenvalue weighted by Gasteiger charge is 2.28. The van der Waals surface area contributed by atoms with Gasteiger partial charge in [-0.15, -0.1) is 0 Å². The van der Waals surface area contributed by atoms with E-state index in [1.165, 1.54) is 36.1 Å². The first-order chi connectivity index (χ1) is 16.2. The normalized spacial score (nSPS) is 10.4. The van der Waals surface area contributed by atoms with Crippen molar-refractivity contribution in [2.24, 2.45) is 0 Å². The Labute approximate surface area is 207 Å². The summed E-state index contributed by atoms with van der Waals surface area (Å²) in [4.78, 5) is 42.6. The SMILES string of the molecule is CNN(C(=O)OC)C(=O)c1cc(C#N)cc(C)c1NC(=O)c1cc(Br)nn1-c1ncccc1Cl. The lowest BCUT2D eigenvalue weighted by molar-refractivity contribution is 0.0628. The minimum atomic E-state index is -0.975. The largest absolute Gasteiger partial charge is 0.451 e. The summed E-state index contributed by atoms with van der Waals surface area (Å²) >= 11 is 9.47. The number of nitrogens with zero attached hydrogens (tertiary/aromatic N) is 5. The molecule has 11 nitrogen and oxygen atoms in total. The molecule has 0 radical (unpaired) electrons. The van der Waals surface area contributed by atoms with Gasteiger partial charge in [0.2, 0.25) is 0 Å². The third-order valence-corrected chi connectivity index (χ3v) is 5.25. The maximum atomic E-state index is 13.3. The number of nitriles is 1. The highest BCUT2D eigenvalue weighted by atomic mass is 79.9. The number of anilines is 1. The zero-order chi connectivity index (χ0) is 25.0. The predicted octanol–water partition coefficient (Wildman–Crippen LogP) is 3.46. The number of aromatic nitrogens is 3. The number of benzene rings is 1. The van der Waals surface area contributed by atoms with E-state index in [1.54, 1.807) is 19.1 Å². The van der Waals surface area contributed by atoms with Crippen LogP contribution in [-0.2, 0) is 4.74 Å². The van der Waals surface area contributed by atoms with Crippen LogP contribution in [0.25, 0.3) is 5.82 Å². The van der Waals surface area contributed by atoms with Crippen LogP contribution >= 0.6 is 27.5 Å². The van der Waals surface area contributed by atoms with Crippen molar-refractivity contribution < 1.29 is 19.1 Å². The summed E-state index contributed by atoms with van der Waals surface area (Å²) in [7, 11) is 2.46. The number of nitrogens with one attached hydrogen (secondary N) is 2. The number of rotatable bonds is 5. The summed E-state index contributed by atoms with van der Waals surface area (Å²) in [6, 6.07) is 9.40. The molecule has 13 heteroatoms. The first kappa shape index (κ1) is 24.8. The Morgan fingerprint density at radius 1 is 1.29 bits per heavy atom. The molecule has 0 aliphatic heterocycles. The van der Waals surface area contributed by atoms with Crippen molar-refractivity contribution in [2.45, 2.75) is 6.92 Å². The molecule has 0 saturated carbocycles. The lowest BCUT2D eigenvalue weighted by Crippen LogP contribution is -2.45. The van der Waals surface area contributed by atoms with Crippen LogP contribution in [0.3, 0.4) is 0 Å². The van der Waals surface area contributed by atoms with Crippen LogP contribution in [0.4, 0.5) is 10.5 Å². The van der Waals surface area contributed by atoms with E-state index in [0.717, 1.165) is 7.11 Å². The number of methoxy groups -OCH3 is 1. The van der Waals surface area contributed by atoms with E-state index in [1.807, 2.05) is 6.07 Å². The third kappa shape index (κ3) is 4.91. The standard InChI is InChI=1S/C21H17BrClN7O4/c1-11-7-12(10-24)8-13(20(32)30(25-2)21(33)34-3)17(11)27-19(31)15-9-16(22)28-29(15)18-14(23)5-4-6-26-18/h4-9,25H,1-3H3,(H,27,31). The van der Waals surface area contributed by atoms with Crippen molar-refractivity contribution in [1.82, 2.24) is 25.2 Å². The summed E-state index contributed by atoms with van der Waals surface area (Å²) in [5, 5.41) is 17.1. The Hall–Kier alpha value is -3.79. The van der Waals surface area contributed by atoms with Gasteiger partial charge in [0.1, 0.15) is 10.3 Å². The Bertz CT molecular complexity index is 1340.